The number of hydrogen-bond acceptors (Lipinski definition) is 5. The average Bonchev–Trinajstić information content (AvgIpc) is 2.77. The number of ketones is 2. The summed E-state index contributed by atoms with van der Waals surface area (Å²) in [5.74, 6) is -0.0130. The Labute approximate surface area is 187 Å². The third-order valence-electron chi connectivity index (χ3n) is 6.33. The van der Waals surface area contributed by atoms with Crippen LogP contribution in [0.4, 0.5) is 0 Å². The van der Waals surface area contributed by atoms with E-state index in [0.717, 1.165) is 60.3 Å². The first-order valence-electron chi connectivity index (χ1n) is 10.9. The second-order valence-electron chi connectivity index (χ2n) is 8.10. The van der Waals surface area contributed by atoms with Crippen molar-refractivity contribution >= 4 is 29.1 Å². The third kappa shape index (κ3) is 3.89. The molecule has 1 aliphatic heterocycles. The number of amides is 1. The first-order valence-corrected chi connectivity index (χ1v) is 11.3. The molecule has 0 saturated heterocycles. The van der Waals surface area contributed by atoms with E-state index in [4.69, 9.17) is 16.3 Å². The van der Waals surface area contributed by atoms with Gasteiger partial charge in [0.2, 0.25) is 0 Å². The Morgan fingerprint density at radius 2 is 1.71 bits per heavy atom. The number of allylic oxidation sites excluding steroid dienone is 4. The van der Waals surface area contributed by atoms with Crippen LogP contribution in [0.2, 0.25) is 5.02 Å². The van der Waals surface area contributed by atoms with Crippen LogP contribution in [0.15, 0.2) is 40.7 Å². The molecule has 0 saturated carbocycles. The van der Waals surface area contributed by atoms with E-state index in [2.05, 4.69) is 17.1 Å². The van der Waals surface area contributed by atoms with Gasteiger partial charge in [0, 0.05) is 54.9 Å². The molecule has 0 aromatic heterocycles. The van der Waals surface area contributed by atoms with Crippen LogP contribution in [0.5, 0.6) is 5.75 Å². The molecule has 6 nitrogen and oxygen atoms in total. The molecule has 1 aromatic carbocycles. The van der Waals surface area contributed by atoms with Crippen LogP contribution in [-0.2, 0) is 14.4 Å². The van der Waals surface area contributed by atoms with Crippen LogP contribution in [0.1, 0.15) is 56.9 Å². The van der Waals surface area contributed by atoms with Crippen molar-refractivity contribution in [1.29, 1.82) is 0 Å². The fourth-order valence-electron chi connectivity index (χ4n) is 4.96. The van der Waals surface area contributed by atoms with Gasteiger partial charge >= 0.3 is 0 Å². The van der Waals surface area contributed by atoms with E-state index in [1.54, 1.807) is 12.1 Å². The lowest BCUT2D eigenvalue weighted by Crippen LogP contribution is -2.39. The topological polar surface area (TPSA) is 75.7 Å². The minimum absolute atomic E-state index is 0.116. The number of benzene rings is 1. The van der Waals surface area contributed by atoms with Crippen LogP contribution < -0.4 is 10.1 Å². The molecule has 0 spiro atoms. The monoisotopic (exact) mass is 442 g/mol. The molecule has 7 heteroatoms. The number of carbonyl (C=O) groups excluding carboxylic acids is 3. The number of rotatable bonds is 5. The van der Waals surface area contributed by atoms with E-state index in [0.29, 0.717) is 23.6 Å². The zero-order chi connectivity index (χ0) is 22.1. The second kappa shape index (κ2) is 8.87. The maximum Gasteiger partial charge on any atom is 0.257 e. The molecule has 164 valence electrons. The molecule has 4 rings (SSSR count). The van der Waals surface area contributed by atoms with E-state index < -0.39 is 0 Å². The molecule has 1 heterocycles. The number of hydrogen-bond donors (Lipinski definition) is 1. The number of Topliss-reactive ketones (excluding diaryl/α,β-unsaturated/α-hetero) is 2. The van der Waals surface area contributed by atoms with E-state index in [-0.39, 0.29) is 30.0 Å². The molecule has 0 atom stereocenters. The molecule has 0 fully saturated rings. The van der Waals surface area contributed by atoms with E-state index in [1.807, 2.05) is 6.07 Å². The smallest absolute Gasteiger partial charge is 0.257 e. The summed E-state index contributed by atoms with van der Waals surface area (Å²) >= 11 is 6.49. The Morgan fingerprint density at radius 3 is 2.23 bits per heavy atom. The predicted octanol–water partition coefficient (Wildman–Crippen LogP) is 3.90. The average molecular weight is 443 g/mol. The Bertz CT molecular complexity index is 967. The van der Waals surface area contributed by atoms with Gasteiger partial charge in [0.1, 0.15) is 5.75 Å². The fraction of sp³-hybridized carbons (Fsp3) is 0.458. The van der Waals surface area contributed by atoms with Gasteiger partial charge in [0.15, 0.2) is 18.2 Å². The van der Waals surface area contributed by atoms with Crippen molar-refractivity contribution in [2.24, 2.45) is 0 Å². The molecule has 31 heavy (non-hydrogen) atoms. The Kier molecular flexibility index (Phi) is 6.19. The molecule has 1 aromatic rings. The minimum Gasteiger partial charge on any atom is -0.482 e. The summed E-state index contributed by atoms with van der Waals surface area (Å²) in [4.78, 5) is 39.9. The van der Waals surface area contributed by atoms with E-state index in [1.165, 1.54) is 7.05 Å². The molecule has 1 amide bonds. The quantitative estimate of drug-likeness (QED) is 0.748. The summed E-state index contributed by atoms with van der Waals surface area (Å²) in [6.45, 7) is 2.69. The SMILES string of the molecule is CCN1C2=C(C(=O)CCC2)C(c2ccc(OCC(=O)NC)c(Cl)c2)C2=C1CCCC2=O. The van der Waals surface area contributed by atoms with Crippen LogP contribution in [0, 0.1) is 0 Å². The summed E-state index contributed by atoms with van der Waals surface area (Å²) in [6.07, 6.45) is 4.37. The zero-order valence-corrected chi connectivity index (χ0v) is 18.7. The predicted molar refractivity (Wildman–Crippen MR) is 118 cm³/mol. The Hall–Kier alpha value is -2.60. The van der Waals surface area contributed by atoms with Crippen molar-refractivity contribution in [3.63, 3.8) is 0 Å². The zero-order valence-electron chi connectivity index (χ0n) is 17.9. The molecule has 1 N–H and O–H groups in total. The van der Waals surface area contributed by atoms with Gasteiger partial charge in [-0.2, -0.15) is 0 Å². The summed E-state index contributed by atoms with van der Waals surface area (Å²) in [5.41, 5.74) is 4.44. The van der Waals surface area contributed by atoms with Gasteiger partial charge in [-0.05, 0) is 50.3 Å². The molecule has 0 bridgehead atoms. The van der Waals surface area contributed by atoms with Crippen molar-refractivity contribution in [2.45, 2.75) is 51.4 Å². The van der Waals surface area contributed by atoms with Crippen molar-refractivity contribution < 1.29 is 19.1 Å². The molecule has 0 unspecified atom stereocenters. The van der Waals surface area contributed by atoms with Gasteiger partial charge < -0.3 is 15.0 Å². The van der Waals surface area contributed by atoms with Crippen molar-refractivity contribution in [3.05, 3.63) is 51.3 Å². The van der Waals surface area contributed by atoms with E-state index >= 15 is 0 Å². The number of nitrogens with one attached hydrogen (secondary N) is 1. The van der Waals surface area contributed by atoms with Crippen molar-refractivity contribution in [2.75, 3.05) is 20.2 Å². The van der Waals surface area contributed by atoms with Gasteiger partial charge in [-0.3, -0.25) is 14.4 Å². The lowest BCUT2D eigenvalue weighted by molar-refractivity contribution is -0.122. The highest BCUT2D eigenvalue weighted by Crippen LogP contribution is 2.49. The number of likely N-dealkylation sites (N-methyl/N-ethyl adjacent to an activating group) is 1. The van der Waals surface area contributed by atoms with Gasteiger partial charge in [0.05, 0.1) is 5.02 Å². The lowest BCUT2D eigenvalue weighted by Gasteiger charge is -2.43. The number of halogens is 1. The summed E-state index contributed by atoms with van der Waals surface area (Å²) in [7, 11) is 1.54. The van der Waals surface area contributed by atoms with Crippen LogP contribution >= 0.6 is 11.6 Å². The van der Waals surface area contributed by atoms with Gasteiger partial charge in [-0.25, -0.2) is 0 Å². The maximum atomic E-state index is 13.1. The second-order valence-corrected chi connectivity index (χ2v) is 8.51. The van der Waals surface area contributed by atoms with Crippen molar-refractivity contribution in [3.8, 4) is 5.75 Å². The van der Waals surface area contributed by atoms with Crippen molar-refractivity contribution in [1.82, 2.24) is 10.2 Å². The molecular formula is C24H27ClN2O4. The summed E-state index contributed by atoms with van der Waals surface area (Å²) in [5, 5.41) is 2.86. The highest BCUT2D eigenvalue weighted by Gasteiger charge is 2.42. The third-order valence-corrected chi connectivity index (χ3v) is 6.62. The fourth-order valence-corrected chi connectivity index (χ4v) is 5.20. The van der Waals surface area contributed by atoms with E-state index in [9.17, 15) is 14.4 Å². The number of nitrogens with zero attached hydrogens (tertiary/aromatic N) is 1. The summed E-state index contributed by atoms with van der Waals surface area (Å²) in [6, 6.07) is 5.34. The van der Waals surface area contributed by atoms with Crippen LogP contribution in [0.25, 0.3) is 0 Å². The molecule has 2 aliphatic carbocycles. The number of carbonyl (C=O) groups is 3. The minimum atomic E-state index is -0.390. The first kappa shape index (κ1) is 21.6. The maximum absolute atomic E-state index is 13.1. The largest absolute Gasteiger partial charge is 0.482 e. The molecular weight excluding hydrogens is 416 g/mol. The van der Waals surface area contributed by atoms with Gasteiger partial charge in [0.25, 0.3) is 5.91 Å². The highest BCUT2D eigenvalue weighted by atomic mass is 35.5. The van der Waals surface area contributed by atoms with Gasteiger partial charge in [-0.15, -0.1) is 0 Å². The number of ether oxygens (including phenoxy) is 1. The summed E-state index contributed by atoms with van der Waals surface area (Å²) < 4.78 is 5.51. The van der Waals surface area contributed by atoms with Crippen LogP contribution in [-0.4, -0.2) is 42.6 Å². The standard InChI is InChI=1S/C24H27ClN2O4/c1-3-27-16-6-4-8-18(28)23(16)22(24-17(27)7-5-9-19(24)29)14-10-11-20(15(25)12-14)31-13-21(30)26-2/h10-12,22H,3-9,13H2,1-2H3,(H,26,30). The van der Waals surface area contributed by atoms with Gasteiger partial charge in [-0.1, -0.05) is 17.7 Å². The highest BCUT2D eigenvalue weighted by molar-refractivity contribution is 6.32. The molecule has 3 aliphatic rings. The molecule has 0 radical (unpaired) electrons. The Morgan fingerprint density at radius 1 is 1.10 bits per heavy atom. The Balaban J connectivity index is 1.80. The van der Waals surface area contributed by atoms with Crippen LogP contribution in [0.3, 0.4) is 0 Å². The normalized spacial score (nSPS) is 19.4. The first-order chi connectivity index (χ1) is 15.0. The lowest BCUT2D eigenvalue weighted by atomic mass is 9.71.